The number of thioether (sulfide) groups is 1. The van der Waals surface area contributed by atoms with Gasteiger partial charge in [0.15, 0.2) is 5.13 Å². The normalized spacial score (nSPS) is 13.4. The molecule has 0 amide bonds. The van der Waals surface area contributed by atoms with E-state index in [4.69, 9.17) is 0 Å². The van der Waals surface area contributed by atoms with E-state index in [1.165, 1.54) is 29.0 Å². The summed E-state index contributed by atoms with van der Waals surface area (Å²) in [5.74, 6) is 1.02. The first-order chi connectivity index (χ1) is 9.85. The van der Waals surface area contributed by atoms with E-state index < -0.39 is 0 Å². The Kier molecular flexibility index (Phi) is 4.63. The van der Waals surface area contributed by atoms with Crippen molar-refractivity contribution in [2.45, 2.75) is 43.3 Å². The number of thiazole rings is 1. The smallest absolute Gasteiger partial charge is 0.182 e. The highest BCUT2D eigenvalue weighted by atomic mass is 32.2. The fraction of sp³-hybridized carbons (Fsp3) is 0.438. The summed E-state index contributed by atoms with van der Waals surface area (Å²) in [7, 11) is 0. The molecule has 1 aliphatic rings. The van der Waals surface area contributed by atoms with Gasteiger partial charge in [0.1, 0.15) is 0 Å². The van der Waals surface area contributed by atoms with Crippen LogP contribution in [0.15, 0.2) is 29.3 Å². The van der Waals surface area contributed by atoms with Crippen molar-refractivity contribution in [3.8, 4) is 0 Å². The Labute approximate surface area is 129 Å². The van der Waals surface area contributed by atoms with Crippen molar-refractivity contribution in [2.75, 3.05) is 11.9 Å². The van der Waals surface area contributed by atoms with Crippen LogP contribution in [0, 0.1) is 0 Å². The van der Waals surface area contributed by atoms with Gasteiger partial charge < -0.3 is 5.32 Å². The molecule has 20 heavy (non-hydrogen) atoms. The van der Waals surface area contributed by atoms with Gasteiger partial charge in [-0.2, -0.15) is 0 Å². The molecule has 1 aliphatic carbocycles. The second-order valence-electron chi connectivity index (χ2n) is 5.13. The van der Waals surface area contributed by atoms with Crippen LogP contribution in [0.2, 0.25) is 0 Å². The average Bonchev–Trinajstić information content (AvgIpc) is 3.11. The minimum atomic E-state index is 1.00. The van der Waals surface area contributed by atoms with Gasteiger partial charge in [0.25, 0.3) is 0 Å². The van der Waals surface area contributed by atoms with Gasteiger partial charge in [-0.25, -0.2) is 4.98 Å². The van der Waals surface area contributed by atoms with Gasteiger partial charge in [-0.05, 0) is 48.9 Å². The molecule has 0 spiro atoms. The summed E-state index contributed by atoms with van der Waals surface area (Å²) in [5, 5.41) is 4.40. The fourth-order valence-corrected chi connectivity index (χ4v) is 4.30. The molecule has 0 saturated carbocycles. The molecule has 0 aliphatic heterocycles. The van der Waals surface area contributed by atoms with Crippen LogP contribution in [0.1, 0.15) is 35.8 Å². The molecular formula is C16H20N2S2. The van der Waals surface area contributed by atoms with E-state index in [1.54, 1.807) is 22.5 Å². The van der Waals surface area contributed by atoms with E-state index in [2.05, 4.69) is 35.4 Å². The number of anilines is 1. The molecule has 1 N–H and O–H groups in total. The van der Waals surface area contributed by atoms with E-state index in [9.17, 15) is 0 Å². The molecule has 0 bridgehead atoms. The first-order valence-electron chi connectivity index (χ1n) is 7.28. The lowest BCUT2D eigenvalue weighted by molar-refractivity contribution is 0.911. The number of fused-ring (bicyclic) bond motifs is 1. The zero-order valence-electron chi connectivity index (χ0n) is 11.8. The van der Waals surface area contributed by atoms with Crippen LogP contribution in [-0.4, -0.2) is 11.5 Å². The van der Waals surface area contributed by atoms with Crippen molar-refractivity contribution in [1.82, 2.24) is 4.98 Å². The molecule has 0 saturated heterocycles. The van der Waals surface area contributed by atoms with Crippen LogP contribution in [0.25, 0.3) is 0 Å². The van der Waals surface area contributed by atoms with Crippen molar-refractivity contribution in [1.29, 1.82) is 0 Å². The van der Waals surface area contributed by atoms with E-state index in [-0.39, 0.29) is 0 Å². The number of aromatic nitrogens is 1. The summed E-state index contributed by atoms with van der Waals surface area (Å²) in [5.41, 5.74) is 3.11. The molecule has 2 aromatic rings. The summed E-state index contributed by atoms with van der Waals surface area (Å²) < 4.78 is 0. The summed E-state index contributed by atoms with van der Waals surface area (Å²) in [6.45, 7) is 3.18. The SMILES string of the molecule is CCCNc1ncc(CSc2ccc3c(c2)CCC3)s1. The number of hydrogen-bond donors (Lipinski definition) is 1. The standard InChI is InChI=1S/C16H20N2S2/c1-2-8-17-16-18-10-15(20-16)11-19-14-7-6-12-4-3-5-13(12)9-14/h6-7,9-10H,2-5,8,11H2,1H3,(H,17,18). The minimum absolute atomic E-state index is 1.00. The predicted octanol–water partition coefficient (Wildman–Crippen LogP) is 4.75. The predicted molar refractivity (Wildman–Crippen MR) is 88.9 cm³/mol. The van der Waals surface area contributed by atoms with Gasteiger partial charge in [-0.15, -0.1) is 23.1 Å². The third-order valence-electron chi connectivity index (χ3n) is 3.53. The molecule has 0 fully saturated rings. The van der Waals surface area contributed by atoms with Gasteiger partial charge in [-0.3, -0.25) is 0 Å². The lowest BCUT2D eigenvalue weighted by atomic mass is 10.1. The largest absolute Gasteiger partial charge is 0.362 e. The highest BCUT2D eigenvalue weighted by molar-refractivity contribution is 7.98. The van der Waals surface area contributed by atoms with Crippen molar-refractivity contribution >= 4 is 28.2 Å². The van der Waals surface area contributed by atoms with Crippen LogP contribution in [0.3, 0.4) is 0 Å². The van der Waals surface area contributed by atoms with E-state index >= 15 is 0 Å². The lowest BCUT2D eigenvalue weighted by Crippen LogP contribution is -1.97. The van der Waals surface area contributed by atoms with Gasteiger partial charge >= 0.3 is 0 Å². The maximum Gasteiger partial charge on any atom is 0.182 e. The van der Waals surface area contributed by atoms with Crippen molar-refractivity contribution in [3.63, 3.8) is 0 Å². The van der Waals surface area contributed by atoms with E-state index in [0.717, 1.165) is 23.8 Å². The van der Waals surface area contributed by atoms with Crippen LogP contribution in [0.5, 0.6) is 0 Å². The van der Waals surface area contributed by atoms with Crippen LogP contribution < -0.4 is 5.32 Å². The molecule has 3 rings (SSSR count). The minimum Gasteiger partial charge on any atom is -0.362 e. The van der Waals surface area contributed by atoms with Crippen LogP contribution in [0.4, 0.5) is 5.13 Å². The molecule has 4 heteroatoms. The zero-order valence-corrected chi connectivity index (χ0v) is 13.4. The first kappa shape index (κ1) is 14.0. The summed E-state index contributed by atoms with van der Waals surface area (Å²) in [4.78, 5) is 7.15. The van der Waals surface area contributed by atoms with Crippen LogP contribution >= 0.6 is 23.1 Å². The summed E-state index contributed by atoms with van der Waals surface area (Å²) in [6, 6.07) is 6.96. The van der Waals surface area contributed by atoms with Gasteiger partial charge in [0.05, 0.1) is 0 Å². The highest BCUT2D eigenvalue weighted by Gasteiger charge is 2.11. The molecule has 106 valence electrons. The molecule has 1 aromatic heterocycles. The molecule has 0 atom stereocenters. The zero-order chi connectivity index (χ0) is 13.8. The molecular weight excluding hydrogens is 284 g/mol. The third kappa shape index (κ3) is 3.36. The van der Waals surface area contributed by atoms with Gasteiger partial charge in [0.2, 0.25) is 0 Å². The Morgan fingerprint density at radius 3 is 3.10 bits per heavy atom. The van der Waals surface area contributed by atoms with Gasteiger partial charge in [0, 0.05) is 28.3 Å². The molecule has 1 aromatic carbocycles. The first-order valence-corrected chi connectivity index (χ1v) is 9.08. The van der Waals surface area contributed by atoms with Crippen molar-refractivity contribution in [2.24, 2.45) is 0 Å². The Balaban J connectivity index is 1.57. The Morgan fingerprint density at radius 2 is 2.20 bits per heavy atom. The summed E-state index contributed by atoms with van der Waals surface area (Å²) >= 11 is 3.69. The number of benzene rings is 1. The number of aryl methyl sites for hydroxylation is 2. The quantitative estimate of drug-likeness (QED) is 0.780. The second kappa shape index (κ2) is 6.64. The molecule has 0 radical (unpaired) electrons. The van der Waals surface area contributed by atoms with E-state index in [0.29, 0.717) is 0 Å². The second-order valence-corrected chi connectivity index (χ2v) is 7.30. The lowest BCUT2D eigenvalue weighted by Gasteiger charge is -2.03. The highest BCUT2D eigenvalue weighted by Crippen LogP contribution is 2.31. The Bertz CT molecular complexity index is 578. The van der Waals surface area contributed by atoms with E-state index in [1.807, 2.05) is 18.0 Å². The number of nitrogens with zero attached hydrogens (tertiary/aromatic N) is 1. The molecule has 2 nitrogen and oxygen atoms in total. The molecule has 1 heterocycles. The monoisotopic (exact) mass is 304 g/mol. The van der Waals surface area contributed by atoms with Crippen molar-refractivity contribution < 1.29 is 0 Å². The molecule has 0 unspecified atom stereocenters. The number of hydrogen-bond acceptors (Lipinski definition) is 4. The Morgan fingerprint density at radius 1 is 1.30 bits per heavy atom. The maximum absolute atomic E-state index is 4.42. The maximum atomic E-state index is 4.42. The topological polar surface area (TPSA) is 24.9 Å². The fourth-order valence-electron chi connectivity index (χ4n) is 2.48. The number of rotatable bonds is 6. The van der Waals surface area contributed by atoms with Gasteiger partial charge in [-0.1, -0.05) is 13.0 Å². The van der Waals surface area contributed by atoms with Crippen molar-refractivity contribution in [3.05, 3.63) is 40.4 Å². The third-order valence-corrected chi connectivity index (χ3v) is 5.71. The summed E-state index contributed by atoms with van der Waals surface area (Å²) in [6.07, 6.45) is 6.99. The van der Waals surface area contributed by atoms with Crippen LogP contribution in [-0.2, 0) is 18.6 Å². The number of nitrogens with one attached hydrogen (secondary N) is 1. The Hall–Kier alpha value is -1.00. The average molecular weight is 304 g/mol.